The van der Waals surface area contributed by atoms with Crippen LogP contribution in [0.2, 0.25) is 0 Å². The number of ether oxygens (including phenoxy) is 1. The van der Waals surface area contributed by atoms with Crippen LogP contribution < -0.4 is 0 Å². The Bertz CT molecular complexity index is 815. The molecule has 11 heteroatoms. The van der Waals surface area contributed by atoms with Gasteiger partial charge in [0, 0.05) is 5.56 Å². The topological polar surface area (TPSA) is 111 Å². The van der Waals surface area contributed by atoms with E-state index in [1.54, 1.807) is 0 Å². The molecule has 0 amide bonds. The second-order valence-electron chi connectivity index (χ2n) is 6.17. The van der Waals surface area contributed by atoms with Crippen LogP contribution in [0.4, 0.5) is 18.9 Å². The van der Waals surface area contributed by atoms with Crippen molar-refractivity contribution in [1.29, 1.82) is 0 Å². The maximum Gasteiger partial charge on any atom is 0.321 e. The number of nitrogens with zero attached hydrogens (tertiary/aromatic N) is 3. The fraction of sp³-hybridized carbons (Fsp3) is 0.556. The normalized spacial score (nSPS) is 12.2. The zero-order valence-electron chi connectivity index (χ0n) is 16.3. The fourth-order valence-electron chi connectivity index (χ4n) is 2.33. The van der Waals surface area contributed by atoms with Crippen molar-refractivity contribution in [2.24, 2.45) is 16.1 Å². The first-order chi connectivity index (χ1) is 13.7. The highest BCUT2D eigenvalue weighted by molar-refractivity contribution is 6.11. The third kappa shape index (κ3) is 5.81. The van der Waals surface area contributed by atoms with Crippen LogP contribution in [-0.4, -0.2) is 36.4 Å². The standard InChI is InChI=1S/C18H22F3N3O5/c1-4-6-8-29-18(26)11(9-23-22-7-5-2)17(25)12-13(19)10(3)14(20)15(21)16(12)24(27)28/h11H,4-9H2,1-3H3. The minimum Gasteiger partial charge on any atom is -0.465 e. The quantitative estimate of drug-likeness (QED) is 0.0778. The minimum absolute atomic E-state index is 0.0351. The Kier molecular flexibility index (Phi) is 9.36. The van der Waals surface area contributed by atoms with Crippen molar-refractivity contribution in [3.63, 3.8) is 0 Å². The molecule has 0 saturated carbocycles. The van der Waals surface area contributed by atoms with Crippen LogP contribution in [-0.2, 0) is 9.53 Å². The first-order valence-corrected chi connectivity index (χ1v) is 9.04. The lowest BCUT2D eigenvalue weighted by molar-refractivity contribution is -0.388. The lowest BCUT2D eigenvalue weighted by Gasteiger charge is -2.15. The molecular weight excluding hydrogens is 395 g/mol. The van der Waals surface area contributed by atoms with Crippen LogP contribution in [0.1, 0.15) is 49.0 Å². The fourth-order valence-corrected chi connectivity index (χ4v) is 2.33. The number of carbonyl (C=O) groups is 2. The number of hydrogen-bond acceptors (Lipinski definition) is 7. The number of benzene rings is 1. The molecule has 0 N–H and O–H groups in total. The van der Waals surface area contributed by atoms with E-state index < -0.39 is 63.4 Å². The van der Waals surface area contributed by atoms with Gasteiger partial charge in [-0.05, 0) is 19.8 Å². The van der Waals surface area contributed by atoms with Crippen molar-refractivity contribution < 1.29 is 32.4 Å². The lowest BCUT2D eigenvalue weighted by Crippen LogP contribution is -2.31. The second kappa shape index (κ2) is 11.2. The summed E-state index contributed by atoms with van der Waals surface area (Å²) in [6.07, 6.45) is 1.80. The molecule has 0 spiro atoms. The Labute approximate surface area is 165 Å². The third-order valence-corrected chi connectivity index (χ3v) is 3.98. The van der Waals surface area contributed by atoms with Gasteiger partial charge >= 0.3 is 11.7 Å². The van der Waals surface area contributed by atoms with Gasteiger partial charge in [-0.25, -0.2) is 8.78 Å². The average Bonchev–Trinajstić information content (AvgIpc) is 2.68. The SMILES string of the molecule is CCCCOC(=O)C(CN=NCCC)C(=O)c1c(F)c(C)c(F)c(F)c1[N+](=O)[O-]. The molecule has 0 fully saturated rings. The van der Waals surface area contributed by atoms with Crippen LogP contribution in [0.5, 0.6) is 0 Å². The van der Waals surface area contributed by atoms with Crippen LogP contribution >= 0.6 is 0 Å². The van der Waals surface area contributed by atoms with E-state index in [-0.39, 0.29) is 6.61 Å². The zero-order valence-corrected chi connectivity index (χ0v) is 16.3. The van der Waals surface area contributed by atoms with E-state index in [2.05, 4.69) is 10.2 Å². The van der Waals surface area contributed by atoms with E-state index in [0.29, 0.717) is 25.8 Å². The first-order valence-electron chi connectivity index (χ1n) is 9.04. The second-order valence-corrected chi connectivity index (χ2v) is 6.17. The summed E-state index contributed by atoms with van der Waals surface area (Å²) in [5.74, 6) is -9.69. The van der Waals surface area contributed by atoms with Crippen molar-refractivity contribution in [3.05, 3.63) is 38.7 Å². The maximum atomic E-state index is 14.5. The summed E-state index contributed by atoms with van der Waals surface area (Å²) in [6, 6.07) is 0. The number of esters is 1. The Morgan fingerprint density at radius 3 is 2.31 bits per heavy atom. The monoisotopic (exact) mass is 417 g/mol. The van der Waals surface area contributed by atoms with E-state index in [1.165, 1.54) is 0 Å². The Hall–Kier alpha value is -2.85. The molecule has 8 nitrogen and oxygen atoms in total. The van der Waals surface area contributed by atoms with Gasteiger partial charge < -0.3 is 4.74 Å². The van der Waals surface area contributed by atoms with Crippen molar-refractivity contribution in [3.8, 4) is 0 Å². The molecule has 1 rings (SSSR count). The molecule has 160 valence electrons. The number of azo groups is 1. The van der Waals surface area contributed by atoms with Gasteiger partial charge in [0.05, 0.1) is 24.6 Å². The first kappa shape index (κ1) is 24.2. The van der Waals surface area contributed by atoms with Crippen molar-refractivity contribution in [2.75, 3.05) is 19.7 Å². The number of nitro groups is 1. The van der Waals surface area contributed by atoms with Crippen molar-refractivity contribution >= 4 is 17.4 Å². The molecule has 1 unspecified atom stereocenters. The lowest BCUT2D eigenvalue weighted by atomic mass is 9.94. The highest BCUT2D eigenvalue weighted by atomic mass is 19.2. The smallest absolute Gasteiger partial charge is 0.321 e. The zero-order chi connectivity index (χ0) is 22.1. The Morgan fingerprint density at radius 2 is 1.76 bits per heavy atom. The molecule has 0 bridgehead atoms. The number of rotatable bonds is 11. The number of unbranched alkanes of at least 4 members (excludes halogenated alkanes) is 1. The largest absolute Gasteiger partial charge is 0.465 e. The molecule has 1 aromatic carbocycles. The van der Waals surface area contributed by atoms with Crippen molar-refractivity contribution in [1.82, 2.24) is 0 Å². The van der Waals surface area contributed by atoms with Gasteiger partial charge in [-0.2, -0.15) is 14.6 Å². The molecule has 0 aliphatic heterocycles. The number of Topliss-reactive ketones (excluding diaryl/α,β-unsaturated/α-hetero) is 1. The molecule has 0 radical (unpaired) electrons. The molecule has 0 aromatic heterocycles. The van der Waals surface area contributed by atoms with E-state index in [4.69, 9.17) is 4.74 Å². The molecule has 1 atom stereocenters. The summed E-state index contributed by atoms with van der Waals surface area (Å²) in [7, 11) is 0. The Balaban J connectivity index is 3.44. The predicted octanol–water partition coefficient (Wildman–Crippen LogP) is 4.32. The number of ketones is 1. The molecule has 0 aliphatic carbocycles. The van der Waals surface area contributed by atoms with Gasteiger partial charge in [-0.3, -0.25) is 19.7 Å². The van der Waals surface area contributed by atoms with Gasteiger partial charge in [-0.15, -0.1) is 0 Å². The maximum absolute atomic E-state index is 14.5. The number of halogens is 3. The molecule has 0 heterocycles. The number of hydrogen-bond donors (Lipinski definition) is 0. The van der Waals surface area contributed by atoms with Gasteiger partial charge in [0.2, 0.25) is 5.82 Å². The van der Waals surface area contributed by atoms with E-state index in [0.717, 1.165) is 6.92 Å². The summed E-state index contributed by atoms with van der Waals surface area (Å²) in [5.41, 5.74) is -3.91. The van der Waals surface area contributed by atoms with Gasteiger partial charge in [0.15, 0.2) is 11.6 Å². The van der Waals surface area contributed by atoms with Gasteiger partial charge in [-0.1, -0.05) is 20.3 Å². The number of nitro benzene ring substituents is 1. The summed E-state index contributed by atoms with van der Waals surface area (Å²) in [4.78, 5) is 34.9. The molecule has 0 saturated heterocycles. The average molecular weight is 417 g/mol. The Morgan fingerprint density at radius 1 is 1.10 bits per heavy atom. The minimum atomic E-state index is -1.98. The molecular formula is C18H22F3N3O5. The van der Waals surface area contributed by atoms with Crippen LogP contribution in [0.25, 0.3) is 0 Å². The highest BCUT2D eigenvalue weighted by Gasteiger charge is 2.40. The van der Waals surface area contributed by atoms with Crippen LogP contribution in [0.3, 0.4) is 0 Å². The summed E-state index contributed by atoms with van der Waals surface area (Å²) >= 11 is 0. The van der Waals surface area contributed by atoms with Gasteiger partial charge in [0.1, 0.15) is 17.3 Å². The van der Waals surface area contributed by atoms with Crippen LogP contribution in [0.15, 0.2) is 10.2 Å². The molecule has 0 aliphatic rings. The summed E-state index contributed by atoms with van der Waals surface area (Å²) in [6.45, 7) is 4.15. The summed E-state index contributed by atoms with van der Waals surface area (Å²) in [5, 5.41) is 18.6. The number of carbonyl (C=O) groups excluding carboxylic acids is 2. The predicted molar refractivity (Wildman–Crippen MR) is 96.3 cm³/mol. The molecule has 1 aromatic rings. The summed E-state index contributed by atoms with van der Waals surface area (Å²) < 4.78 is 47.3. The molecule has 29 heavy (non-hydrogen) atoms. The van der Waals surface area contributed by atoms with Crippen molar-refractivity contribution in [2.45, 2.75) is 40.0 Å². The van der Waals surface area contributed by atoms with Crippen LogP contribution in [0, 0.1) is 40.4 Å². The van der Waals surface area contributed by atoms with Gasteiger partial charge in [0.25, 0.3) is 0 Å². The third-order valence-electron chi connectivity index (χ3n) is 3.98. The van der Waals surface area contributed by atoms with E-state index in [9.17, 15) is 32.9 Å². The van der Waals surface area contributed by atoms with E-state index >= 15 is 0 Å². The van der Waals surface area contributed by atoms with E-state index in [1.807, 2.05) is 13.8 Å². The highest BCUT2D eigenvalue weighted by Crippen LogP contribution is 2.32.